The average Bonchev–Trinajstić information content (AvgIpc) is 2.28. The molecule has 0 saturated heterocycles. The maximum Gasteiger partial charge on any atom is 0.211 e. The summed E-state index contributed by atoms with van der Waals surface area (Å²) in [6.07, 6.45) is 1.62. The van der Waals surface area contributed by atoms with Crippen LogP contribution < -0.4 is 0 Å². The number of nitrogens with zero attached hydrogens (tertiary/aromatic N) is 1. The number of sulfonamides is 1. The van der Waals surface area contributed by atoms with Crippen molar-refractivity contribution in [1.82, 2.24) is 4.31 Å². The molecule has 0 aliphatic rings. The van der Waals surface area contributed by atoms with Crippen molar-refractivity contribution in [2.45, 2.75) is 13.0 Å². The Morgan fingerprint density at radius 1 is 1.39 bits per heavy atom. The number of hydrogen-bond acceptors (Lipinski definition) is 3. The van der Waals surface area contributed by atoms with Gasteiger partial charge < -0.3 is 5.11 Å². The largest absolute Gasteiger partial charge is 0.395 e. The van der Waals surface area contributed by atoms with Crippen LogP contribution in [-0.4, -0.2) is 37.7 Å². The molecule has 0 aliphatic carbocycles. The molecule has 0 spiro atoms. The Balaban J connectivity index is 2.81. The first kappa shape index (κ1) is 14.7. The van der Waals surface area contributed by atoms with Crippen LogP contribution in [0.5, 0.6) is 0 Å². The van der Waals surface area contributed by atoms with Crippen molar-refractivity contribution in [3.05, 3.63) is 35.4 Å². The molecule has 5 heteroatoms. The van der Waals surface area contributed by atoms with E-state index >= 15 is 0 Å². The molecule has 0 amide bonds. The lowest BCUT2D eigenvalue weighted by Crippen LogP contribution is -2.24. The van der Waals surface area contributed by atoms with E-state index in [-0.39, 0.29) is 6.61 Å². The topological polar surface area (TPSA) is 57.6 Å². The molecule has 0 saturated carbocycles. The van der Waals surface area contributed by atoms with E-state index in [1.165, 1.54) is 10.6 Å². The van der Waals surface area contributed by atoms with Crippen LogP contribution in [-0.2, 0) is 16.6 Å². The van der Waals surface area contributed by atoms with Gasteiger partial charge in [0.25, 0.3) is 0 Å². The highest BCUT2D eigenvalue weighted by atomic mass is 32.2. The van der Waals surface area contributed by atoms with Crippen molar-refractivity contribution in [3.8, 4) is 11.8 Å². The van der Waals surface area contributed by atoms with Gasteiger partial charge in [0, 0.05) is 25.6 Å². The molecule has 1 N–H and O–H groups in total. The van der Waals surface area contributed by atoms with Crippen LogP contribution in [0.4, 0.5) is 0 Å². The second kappa shape index (κ2) is 6.55. The SMILES string of the molecule is CN(Cc1cccc(C#CCCO)c1)S(C)(=O)=O. The molecule has 0 heterocycles. The molecule has 0 unspecified atom stereocenters. The van der Waals surface area contributed by atoms with Gasteiger partial charge in [0.05, 0.1) is 12.9 Å². The molecule has 0 bridgehead atoms. The van der Waals surface area contributed by atoms with Crippen LogP contribution >= 0.6 is 0 Å². The zero-order chi connectivity index (χ0) is 13.6. The first-order valence-electron chi connectivity index (χ1n) is 5.53. The van der Waals surface area contributed by atoms with Crippen molar-refractivity contribution < 1.29 is 13.5 Å². The molecule has 1 aromatic rings. The highest BCUT2D eigenvalue weighted by Crippen LogP contribution is 2.08. The van der Waals surface area contributed by atoms with Crippen LogP contribution in [0.25, 0.3) is 0 Å². The van der Waals surface area contributed by atoms with E-state index in [0.29, 0.717) is 13.0 Å². The van der Waals surface area contributed by atoms with Gasteiger partial charge in [0.1, 0.15) is 0 Å². The highest BCUT2D eigenvalue weighted by molar-refractivity contribution is 7.88. The fourth-order valence-electron chi connectivity index (χ4n) is 1.34. The number of aliphatic hydroxyl groups is 1. The first-order chi connectivity index (χ1) is 8.43. The molecule has 0 atom stereocenters. The third-order valence-electron chi connectivity index (χ3n) is 2.37. The summed E-state index contributed by atoms with van der Waals surface area (Å²) in [7, 11) is -1.63. The van der Waals surface area contributed by atoms with Gasteiger partial charge in [-0.25, -0.2) is 12.7 Å². The van der Waals surface area contributed by atoms with E-state index in [1.54, 1.807) is 7.05 Å². The van der Waals surface area contributed by atoms with Crippen LogP contribution in [0.2, 0.25) is 0 Å². The maximum absolute atomic E-state index is 11.3. The van der Waals surface area contributed by atoms with Gasteiger partial charge in [-0.05, 0) is 17.7 Å². The van der Waals surface area contributed by atoms with Crippen molar-refractivity contribution >= 4 is 10.0 Å². The van der Waals surface area contributed by atoms with Gasteiger partial charge in [0.15, 0.2) is 0 Å². The zero-order valence-corrected chi connectivity index (χ0v) is 11.4. The van der Waals surface area contributed by atoms with Crippen LogP contribution in [0.15, 0.2) is 24.3 Å². The summed E-state index contributed by atoms with van der Waals surface area (Å²) < 4.78 is 23.9. The number of hydrogen-bond donors (Lipinski definition) is 1. The minimum atomic E-state index is -3.17. The predicted molar refractivity (Wildman–Crippen MR) is 71.3 cm³/mol. The quantitative estimate of drug-likeness (QED) is 0.821. The third-order valence-corrected chi connectivity index (χ3v) is 3.63. The Hall–Kier alpha value is -1.35. The number of aliphatic hydroxyl groups excluding tert-OH is 1. The minimum Gasteiger partial charge on any atom is -0.395 e. The molecule has 0 radical (unpaired) electrons. The Kier molecular flexibility index (Phi) is 5.35. The molecule has 98 valence electrons. The van der Waals surface area contributed by atoms with E-state index in [1.807, 2.05) is 24.3 Å². The lowest BCUT2D eigenvalue weighted by atomic mass is 10.1. The Morgan fingerprint density at radius 3 is 2.72 bits per heavy atom. The summed E-state index contributed by atoms with van der Waals surface area (Å²) in [5, 5.41) is 8.63. The second-order valence-electron chi connectivity index (χ2n) is 3.99. The lowest BCUT2D eigenvalue weighted by Gasteiger charge is -2.13. The van der Waals surface area contributed by atoms with Crippen molar-refractivity contribution in [2.75, 3.05) is 19.9 Å². The van der Waals surface area contributed by atoms with Gasteiger partial charge in [-0.3, -0.25) is 0 Å². The van der Waals surface area contributed by atoms with Gasteiger partial charge in [-0.2, -0.15) is 0 Å². The van der Waals surface area contributed by atoms with Crippen molar-refractivity contribution in [1.29, 1.82) is 0 Å². The average molecular weight is 267 g/mol. The molecule has 18 heavy (non-hydrogen) atoms. The number of rotatable bonds is 4. The van der Waals surface area contributed by atoms with Crippen molar-refractivity contribution in [3.63, 3.8) is 0 Å². The van der Waals surface area contributed by atoms with E-state index in [0.717, 1.165) is 11.1 Å². The van der Waals surface area contributed by atoms with Crippen LogP contribution in [0.1, 0.15) is 17.5 Å². The molecule has 0 fully saturated rings. The van der Waals surface area contributed by atoms with E-state index in [2.05, 4.69) is 11.8 Å². The van der Waals surface area contributed by atoms with Gasteiger partial charge in [-0.1, -0.05) is 24.0 Å². The molecule has 4 nitrogen and oxygen atoms in total. The summed E-state index contributed by atoms with van der Waals surface area (Å²) in [5.41, 5.74) is 1.71. The lowest BCUT2D eigenvalue weighted by molar-refractivity contribution is 0.305. The standard InChI is InChI=1S/C13H17NO3S/c1-14(18(2,16)17)11-13-8-5-7-12(10-13)6-3-4-9-15/h5,7-8,10,15H,4,9,11H2,1-2H3. The monoisotopic (exact) mass is 267 g/mol. The first-order valence-corrected chi connectivity index (χ1v) is 7.38. The highest BCUT2D eigenvalue weighted by Gasteiger charge is 2.10. The molecule has 1 rings (SSSR count). The summed E-state index contributed by atoms with van der Waals surface area (Å²) in [6.45, 7) is 0.373. The molecular formula is C13H17NO3S. The Bertz CT molecular complexity index is 555. The normalized spacial score (nSPS) is 11.1. The summed E-state index contributed by atoms with van der Waals surface area (Å²) >= 11 is 0. The molecule has 0 aliphatic heterocycles. The number of benzene rings is 1. The molecule has 1 aromatic carbocycles. The minimum absolute atomic E-state index is 0.0451. The van der Waals surface area contributed by atoms with Crippen LogP contribution in [0, 0.1) is 11.8 Å². The summed E-state index contributed by atoms with van der Waals surface area (Å²) in [5.74, 6) is 5.75. The van der Waals surface area contributed by atoms with E-state index < -0.39 is 10.0 Å². The molecule has 0 aromatic heterocycles. The fourth-order valence-corrected chi connectivity index (χ4v) is 1.73. The summed E-state index contributed by atoms with van der Waals surface area (Å²) in [6, 6.07) is 7.41. The predicted octanol–water partition coefficient (Wildman–Crippen LogP) is 0.812. The van der Waals surface area contributed by atoms with Gasteiger partial charge >= 0.3 is 0 Å². The maximum atomic E-state index is 11.3. The second-order valence-corrected chi connectivity index (χ2v) is 6.08. The van der Waals surface area contributed by atoms with E-state index in [9.17, 15) is 8.42 Å². The van der Waals surface area contributed by atoms with Crippen LogP contribution in [0.3, 0.4) is 0 Å². The van der Waals surface area contributed by atoms with Gasteiger partial charge in [-0.15, -0.1) is 0 Å². The molecular weight excluding hydrogens is 250 g/mol. The van der Waals surface area contributed by atoms with Crippen molar-refractivity contribution in [2.24, 2.45) is 0 Å². The third kappa shape index (κ3) is 4.88. The summed E-state index contributed by atoms with van der Waals surface area (Å²) in [4.78, 5) is 0. The zero-order valence-electron chi connectivity index (χ0n) is 10.5. The fraction of sp³-hybridized carbons (Fsp3) is 0.385. The van der Waals surface area contributed by atoms with Gasteiger partial charge in [0.2, 0.25) is 10.0 Å². The van der Waals surface area contributed by atoms with E-state index in [4.69, 9.17) is 5.11 Å². The smallest absolute Gasteiger partial charge is 0.211 e. The Labute approximate surface area is 108 Å². The Morgan fingerprint density at radius 2 is 2.11 bits per heavy atom.